The molecule has 0 atom stereocenters. The second kappa shape index (κ2) is 6.27. The van der Waals surface area contributed by atoms with Gasteiger partial charge in [-0.25, -0.2) is 15.8 Å². The molecule has 0 saturated heterocycles. The molecule has 0 amide bonds. The van der Waals surface area contributed by atoms with E-state index in [4.69, 9.17) is 5.84 Å². The first-order chi connectivity index (χ1) is 9.15. The van der Waals surface area contributed by atoms with Crippen molar-refractivity contribution in [2.24, 2.45) is 5.84 Å². The Morgan fingerprint density at radius 1 is 1.42 bits per heavy atom. The molecule has 3 N–H and O–H groups in total. The van der Waals surface area contributed by atoms with Gasteiger partial charge in [0.2, 0.25) is 0 Å². The summed E-state index contributed by atoms with van der Waals surface area (Å²) in [5, 5.41) is 3.00. The summed E-state index contributed by atoms with van der Waals surface area (Å²) in [4.78, 5) is 12.5. The van der Waals surface area contributed by atoms with Gasteiger partial charge in [-0.3, -0.25) is 4.90 Å². The van der Waals surface area contributed by atoms with E-state index in [0.29, 0.717) is 11.9 Å². The standard InChI is InChI=1S/C13H21N5S/c1-4-6-18(9(2)3)8-11-15-12(17-14)10-5-7-19-13(10)16-11/h5,7,9H,4,6,8,14H2,1-3H3,(H,15,16,17). The van der Waals surface area contributed by atoms with E-state index < -0.39 is 0 Å². The van der Waals surface area contributed by atoms with Crippen LogP contribution in [-0.2, 0) is 6.54 Å². The first-order valence-electron chi connectivity index (χ1n) is 6.60. The van der Waals surface area contributed by atoms with Gasteiger partial charge in [-0.05, 0) is 38.3 Å². The van der Waals surface area contributed by atoms with Crippen molar-refractivity contribution in [2.45, 2.75) is 39.8 Å². The van der Waals surface area contributed by atoms with Crippen molar-refractivity contribution >= 4 is 27.4 Å². The van der Waals surface area contributed by atoms with E-state index in [9.17, 15) is 0 Å². The maximum atomic E-state index is 5.54. The Morgan fingerprint density at radius 2 is 2.21 bits per heavy atom. The van der Waals surface area contributed by atoms with Gasteiger partial charge in [-0.2, -0.15) is 0 Å². The SMILES string of the molecule is CCCN(Cc1nc(NN)c2ccsc2n1)C(C)C. The molecular formula is C13H21N5S. The zero-order valence-corrected chi connectivity index (χ0v) is 12.5. The summed E-state index contributed by atoms with van der Waals surface area (Å²) in [7, 11) is 0. The average Bonchev–Trinajstić information content (AvgIpc) is 2.85. The smallest absolute Gasteiger partial charge is 0.152 e. The summed E-state index contributed by atoms with van der Waals surface area (Å²) in [6, 6.07) is 2.47. The number of aromatic nitrogens is 2. The van der Waals surface area contributed by atoms with Gasteiger partial charge in [0.15, 0.2) is 5.82 Å². The lowest BCUT2D eigenvalue weighted by atomic mass is 10.3. The lowest BCUT2D eigenvalue weighted by molar-refractivity contribution is 0.208. The number of nitrogens with two attached hydrogens (primary N) is 1. The molecule has 0 aliphatic heterocycles. The molecule has 0 aliphatic rings. The molecule has 0 fully saturated rings. The Balaban J connectivity index is 2.28. The Labute approximate surface area is 117 Å². The van der Waals surface area contributed by atoms with Crippen molar-refractivity contribution in [3.63, 3.8) is 0 Å². The number of fused-ring (bicyclic) bond motifs is 1. The van der Waals surface area contributed by atoms with Gasteiger partial charge in [-0.1, -0.05) is 6.92 Å². The molecule has 0 spiro atoms. The van der Waals surface area contributed by atoms with Crippen LogP contribution in [0.5, 0.6) is 0 Å². The minimum atomic E-state index is 0.483. The minimum absolute atomic E-state index is 0.483. The molecule has 5 nitrogen and oxygen atoms in total. The van der Waals surface area contributed by atoms with Gasteiger partial charge in [0.25, 0.3) is 0 Å². The van der Waals surface area contributed by atoms with Gasteiger partial charge in [0.05, 0.1) is 11.9 Å². The average molecular weight is 279 g/mol. The Hall–Kier alpha value is -1.24. The largest absolute Gasteiger partial charge is 0.308 e. The highest BCUT2D eigenvalue weighted by atomic mass is 32.1. The highest BCUT2D eigenvalue weighted by Crippen LogP contribution is 2.24. The molecule has 0 unspecified atom stereocenters. The normalized spacial score (nSPS) is 11.7. The second-order valence-electron chi connectivity index (χ2n) is 4.84. The molecule has 0 aliphatic carbocycles. The van der Waals surface area contributed by atoms with Crippen molar-refractivity contribution in [3.8, 4) is 0 Å². The summed E-state index contributed by atoms with van der Waals surface area (Å²) in [6.45, 7) is 8.39. The number of anilines is 1. The van der Waals surface area contributed by atoms with Crippen molar-refractivity contribution in [1.82, 2.24) is 14.9 Å². The van der Waals surface area contributed by atoms with E-state index in [-0.39, 0.29) is 0 Å². The second-order valence-corrected chi connectivity index (χ2v) is 5.73. The van der Waals surface area contributed by atoms with Gasteiger partial charge in [-0.15, -0.1) is 11.3 Å². The van der Waals surface area contributed by atoms with Crippen LogP contribution in [0.4, 0.5) is 5.82 Å². The molecule has 19 heavy (non-hydrogen) atoms. The molecule has 2 aromatic rings. The van der Waals surface area contributed by atoms with Crippen LogP contribution in [0.1, 0.15) is 33.0 Å². The van der Waals surface area contributed by atoms with E-state index >= 15 is 0 Å². The number of nitrogen functional groups attached to an aromatic ring is 1. The topological polar surface area (TPSA) is 67.1 Å². The van der Waals surface area contributed by atoms with Gasteiger partial charge in [0.1, 0.15) is 10.7 Å². The third kappa shape index (κ3) is 3.20. The van der Waals surface area contributed by atoms with Crippen LogP contribution in [0.15, 0.2) is 11.4 Å². The van der Waals surface area contributed by atoms with Crippen LogP contribution >= 0.6 is 11.3 Å². The van der Waals surface area contributed by atoms with Crippen LogP contribution in [-0.4, -0.2) is 27.5 Å². The summed E-state index contributed by atoms with van der Waals surface area (Å²) in [5.41, 5.74) is 2.67. The van der Waals surface area contributed by atoms with Crippen molar-refractivity contribution in [1.29, 1.82) is 0 Å². The van der Waals surface area contributed by atoms with E-state index in [0.717, 1.165) is 35.6 Å². The van der Waals surface area contributed by atoms with Gasteiger partial charge < -0.3 is 5.43 Å². The molecule has 104 valence electrons. The fourth-order valence-corrected chi connectivity index (χ4v) is 2.85. The molecule has 2 rings (SSSR count). The third-order valence-corrected chi connectivity index (χ3v) is 3.90. The van der Waals surface area contributed by atoms with E-state index in [1.807, 2.05) is 11.4 Å². The fraction of sp³-hybridized carbons (Fsp3) is 0.538. The minimum Gasteiger partial charge on any atom is -0.308 e. The summed E-state index contributed by atoms with van der Waals surface area (Å²) < 4.78 is 0. The van der Waals surface area contributed by atoms with E-state index in [2.05, 4.69) is 41.1 Å². The molecular weight excluding hydrogens is 258 g/mol. The first kappa shape index (κ1) is 14.2. The van der Waals surface area contributed by atoms with Crippen LogP contribution in [0.3, 0.4) is 0 Å². The predicted octanol–water partition coefficient (Wildman–Crippen LogP) is 2.60. The molecule has 2 heterocycles. The number of rotatable bonds is 6. The van der Waals surface area contributed by atoms with Gasteiger partial charge in [0, 0.05) is 6.04 Å². The summed E-state index contributed by atoms with van der Waals surface area (Å²) >= 11 is 1.61. The third-order valence-electron chi connectivity index (χ3n) is 3.09. The Morgan fingerprint density at radius 3 is 2.84 bits per heavy atom. The van der Waals surface area contributed by atoms with Crippen molar-refractivity contribution in [2.75, 3.05) is 12.0 Å². The number of thiophene rings is 1. The Bertz CT molecular complexity index is 537. The lowest BCUT2D eigenvalue weighted by Gasteiger charge is -2.25. The molecule has 0 bridgehead atoms. The molecule has 0 saturated carbocycles. The summed E-state index contributed by atoms with van der Waals surface area (Å²) in [6.07, 6.45) is 1.13. The predicted molar refractivity (Wildman–Crippen MR) is 81.1 cm³/mol. The highest BCUT2D eigenvalue weighted by Gasteiger charge is 2.13. The number of nitrogens with zero attached hydrogens (tertiary/aromatic N) is 3. The summed E-state index contributed by atoms with van der Waals surface area (Å²) in [5.74, 6) is 7.08. The number of hydrazine groups is 1. The molecule has 2 aromatic heterocycles. The molecule has 6 heteroatoms. The quantitative estimate of drug-likeness (QED) is 0.628. The van der Waals surface area contributed by atoms with Crippen LogP contribution in [0, 0.1) is 0 Å². The lowest BCUT2D eigenvalue weighted by Crippen LogP contribution is -2.31. The molecule has 0 aromatic carbocycles. The van der Waals surface area contributed by atoms with Crippen molar-refractivity contribution < 1.29 is 0 Å². The monoisotopic (exact) mass is 279 g/mol. The Kier molecular flexibility index (Phi) is 4.68. The number of hydrogen-bond donors (Lipinski definition) is 2. The van der Waals surface area contributed by atoms with E-state index in [1.54, 1.807) is 11.3 Å². The zero-order valence-electron chi connectivity index (χ0n) is 11.7. The van der Waals surface area contributed by atoms with Crippen LogP contribution < -0.4 is 11.3 Å². The molecule has 0 radical (unpaired) electrons. The number of nitrogens with one attached hydrogen (secondary N) is 1. The van der Waals surface area contributed by atoms with Gasteiger partial charge >= 0.3 is 0 Å². The highest BCUT2D eigenvalue weighted by molar-refractivity contribution is 7.16. The maximum Gasteiger partial charge on any atom is 0.152 e. The maximum absolute atomic E-state index is 5.54. The number of hydrogen-bond acceptors (Lipinski definition) is 6. The van der Waals surface area contributed by atoms with E-state index in [1.165, 1.54) is 0 Å². The van der Waals surface area contributed by atoms with Crippen LogP contribution in [0.25, 0.3) is 10.2 Å². The fourth-order valence-electron chi connectivity index (χ4n) is 2.07. The zero-order chi connectivity index (χ0) is 13.8. The van der Waals surface area contributed by atoms with Crippen molar-refractivity contribution in [3.05, 3.63) is 17.3 Å². The van der Waals surface area contributed by atoms with Crippen LogP contribution in [0.2, 0.25) is 0 Å². The first-order valence-corrected chi connectivity index (χ1v) is 7.48.